The molecule has 0 saturated heterocycles. The van der Waals surface area contributed by atoms with Gasteiger partial charge in [-0.05, 0) is 42.5 Å². The van der Waals surface area contributed by atoms with E-state index in [1.807, 2.05) is 48.5 Å². The lowest BCUT2D eigenvalue weighted by Crippen LogP contribution is -2.41. The number of hydrogen-bond donors (Lipinski definition) is 1. The molecule has 1 N–H and O–H groups in total. The monoisotopic (exact) mass is 394 g/mol. The van der Waals surface area contributed by atoms with Crippen molar-refractivity contribution in [2.24, 2.45) is 5.92 Å². The number of thioether (sulfide) groups is 1. The summed E-state index contributed by atoms with van der Waals surface area (Å²) in [6, 6.07) is 16.0. The van der Waals surface area contributed by atoms with Crippen LogP contribution in [-0.2, 0) is 11.3 Å². The van der Waals surface area contributed by atoms with Gasteiger partial charge in [-0.3, -0.25) is 9.59 Å². The van der Waals surface area contributed by atoms with E-state index in [0.717, 1.165) is 22.6 Å². The van der Waals surface area contributed by atoms with Crippen LogP contribution < -0.4 is 10.2 Å². The average molecular weight is 395 g/mol. The Morgan fingerprint density at radius 2 is 1.93 bits per heavy atom. The van der Waals surface area contributed by atoms with E-state index in [1.54, 1.807) is 16.7 Å². The number of hydrogen-bond acceptors (Lipinski definition) is 3. The smallest absolute Gasteiger partial charge is 0.251 e. The second kappa shape index (κ2) is 8.39. The number of rotatable bonds is 4. The maximum absolute atomic E-state index is 12.9. The Balaban J connectivity index is 1.57. The molecule has 0 spiro atoms. The standard InChI is InChI=1S/C23H26N2O2S/c1-16-7-5-6-10-19(16)24-23(27)18-11-12-21-20(13-18)25(22(26)15-28-21)14-17-8-3-2-4-9-17/h2-4,8-9,11-13,16,19H,5-7,10,14-15H2,1H3,(H,24,27)/t16-,19-/m0/s1. The predicted octanol–water partition coefficient (Wildman–Crippen LogP) is 4.63. The van der Waals surface area contributed by atoms with Crippen LogP contribution in [0, 0.1) is 5.92 Å². The van der Waals surface area contributed by atoms with Crippen molar-refractivity contribution in [3.05, 3.63) is 59.7 Å². The summed E-state index contributed by atoms with van der Waals surface area (Å²) >= 11 is 1.54. The van der Waals surface area contributed by atoms with Crippen LogP contribution in [0.15, 0.2) is 53.4 Å². The van der Waals surface area contributed by atoms with Gasteiger partial charge in [0.1, 0.15) is 0 Å². The lowest BCUT2D eigenvalue weighted by atomic mass is 9.86. The zero-order valence-corrected chi connectivity index (χ0v) is 17.0. The van der Waals surface area contributed by atoms with Gasteiger partial charge in [-0.15, -0.1) is 11.8 Å². The predicted molar refractivity (Wildman–Crippen MR) is 114 cm³/mol. The number of carbonyl (C=O) groups excluding carboxylic acids is 2. The molecule has 2 aromatic rings. The molecule has 2 aromatic carbocycles. The molecule has 28 heavy (non-hydrogen) atoms. The van der Waals surface area contributed by atoms with Crippen LogP contribution in [-0.4, -0.2) is 23.6 Å². The summed E-state index contributed by atoms with van der Waals surface area (Å²) in [6.07, 6.45) is 4.65. The zero-order valence-electron chi connectivity index (χ0n) is 16.2. The van der Waals surface area contributed by atoms with Gasteiger partial charge in [0, 0.05) is 16.5 Å². The number of fused-ring (bicyclic) bond motifs is 1. The summed E-state index contributed by atoms with van der Waals surface area (Å²) < 4.78 is 0. The minimum absolute atomic E-state index is 0.0377. The highest BCUT2D eigenvalue weighted by molar-refractivity contribution is 8.00. The van der Waals surface area contributed by atoms with E-state index >= 15 is 0 Å². The molecule has 0 unspecified atom stereocenters. The molecular weight excluding hydrogens is 368 g/mol. The second-order valence-electron chi connectivity index (χ2n) is 7.78. The highest BCUT2D eigenvalue weighted by Gasteiger charge is 2.27. The third kappa shape index (κ3) is 4.09. The van der Waals surface area contributed by atoms with Crippen molar-refractivity contribution in [3.63, 3.8) is 0 Å². The fourth-order valence-corrected chi connectivity index (χ4v) is 4.98. The van der Waals surface area contributed by atoms with Crippen LogP contribution >= 0.6 is 11.8 Å². The summed E-state index contributed by atoms with van der Waals surface area (Å²) in [5.41, 5.74) is 2.55. The Bertz CT molecular complexity index is 868. The van der Waals surface area contributed by atoms with Crippen molar-refractivity contribution in [1.29, 1.82) is 0 Å². The first-order valence-electron chi connectivity index (χ1n) is 10.0. The third-order valence-electron chi connectivity index (χ3n) is 5.78. The molecule has 1 aliphatic carbocycles. The quantitative estimate of drug-likeness (QED) is 0.822. The lowest BCUT2D eigenvalue weighted by molar-refractivity contribution is -0.116. The summed E-state index contributed by atoms with van der Waals surface area (Å²) in [5.74, 6) is 0.997. The highest BCUT2D eigenvalue weighted by atomic mass is 32.2. The van der Waals surface area contributed by atoms with Gasteiger partial charge >= 0.3 is 0 Å². The van der Waals surface area contributed by atoms with E-state index in [1.165, 1.54) is 19.3 Å². The summed E-state index contributed by atoms with van der Waals surface area (Å²) in [7, 11) is 0. The maximum Gasteiger partial charge on any atom is 0.251 e. The number of carbonyl (C=O) groups is 2. The van der Waals surface area contributed by atoms with Gasteiger partial charge in [-0.25, -0.2) is 0 Å². The first-order valence-corrected chi connectivity index (χ1v) is 11.0. The van der Waals surface area contributed by atoms with Crippen LogP contribution in [0.5, 0.6) is 0 Å². The molecule has 5 heteroatoms. The highest BCUT2D eigenvalue weighted by Crippen LogP contribution is 2.37. The largest absolute Gasteiger partial charge is 0.349 e. The Hall–Kier alpha value is -2.27. The van der Waals surface area contributed by atoms with Crippen molar-refractivity contribution < 1.29 is 9.59 Å². The van der Waals surface area contributed by atoms with E-state index in [-0.39, 0.29) is 17.9 Å². The van der Waals surface area contributed by atoms with Gasteiger partial charge in [0.15, 0.2) is 0 Å². The SMILES string of the molecule is C[C@H]1CCCC[C@@H]1NC(=O)c1ccc2c(c1)N(Cc1ccccc1)C(=O)CS2. The van der Waals surface area contributed by atoms with Crippen LogP contribution in [0.2, 0.25) is 0 Å². The summed E-state index contributed by atoms with van der Waals surface area (Å²) in [5, 5.41) is 3.22. The van der Waals surface area contributed by atoms with Gasteiger partial charge in [0.2, 0.25) is 5.91 Å². The van der Waals surface area contributed by atoms with Crippen LogP contribution in [0.1, 0.15) is 48.5 Å². The molecule has 0 radical (unpaired) electrons. The molecule has 4 nitrogen and oxygen atoms in total. The number of anilines is 1. The Kier molecular flexibility index (Phi) is 5.72. The Labute approximate surface area is 170 Å². The van der Waals surface area contributed by atoms with E-state index in [0.29, 0.717) is 23.8 Å². The van der Waals surface area contributed by atoms with E-state index in [2.05, 4.69) is 12.2 Å². The maximum atomic E-state index is 12.9. The number of amides is 2. The fourth-order valence-electron chi connectivity index (χ4n) is 4.07. The summed E-state index contributed by atoms with van der Waals surface area (Å²) in [6.45, 7) is 2.74. The normalized spacial score (nSPS) is 21.9. The van der Waals surface area contributed by atoms with Gasteiger partial charge in [0.25, 0.3) is 5.91 Å². The molecule has 1 fully saturated rings. The molecule has 1 saturated carbocycles. The Morgan fingerprint density at radius 1 is 1.14 bits per heavy atom. The lowest BCUT2D eigenvalue weighted by Gasteiger charge is -2.31. The van der Waals surface area contributed by atoms with Crippen molar-refractivity contribution in [1.82, 2.24) is 5.32 Å². The topological polar surface area (TPSA) is 49.4 Å². The molecule has 2 aliphatic rings. The fraction of sp³-hybridized carbons (Fsp3) is 0.391. The summed E-state index contributed by atoms with van der Waals surface area (Å²) in [4.78, 5) is 28.3. The second-order valence-corrected chi connectivity index (χ2v) is 8.80. The van der Waals surface area contributed by atoms with Crippen LogP contribution in [0.4, 0.5) is 5.69 Å². The van der Waals surface area contributed by atoms with Crippen LogP contribution in [0.25, 0.3) is 0 Å². The number of benzene rings is 2. The molecule has 4 rings (SSSR count). The Morgan fingerprint density at radius 3 is 2.71 bits per heavy atom. The molecule has 0 bridgehead atoms. The number of nitrogens with zero attached hydrogens (tertiary/aromatic N) is 1. The van der Waals surface area contributed by atoms with E-state index in [9.17, 15) is 9.59 Å². The first-order chi connectivity index (χ1) is 13.6. The zero-order chi connectivity index (χ0) is 19.5. The molecule has 2 atom stereocenters. The molecule has 146 valence electrons. The van der Waals surface area contributed by atoms with Crippen molar-refractivity contribution >= 4 is 29.3 Å². The third-order valence-corrected chi connectivity index (χ3v) is 6.82. The minimum Gasteiger partial charge on any atom is -0.349 e. The van der Waals surface area contributed by atoms with Crippen molar-refractivity contribution in [2.75, 3.05) is 10.7 Å². The molecule has 0 aromatic heterocycles. The molecule has 1 aliphatic heterocycles. The molecule has 1 heterocycles. The van der Waals surface area contributed by atoms with E-state index < -0.39 is 0 Å². The van der Waals surface area contributed by atoms with Crippen LogP contribution in [0.3, 0.4) is 0 Å². The van der Waals surface area contributed by atoms with Gasteiger partial charge in [-0.2, -0.15) is 0 Å². The minimum atomic E-state index is -0.0377. The van der Waals surface area contributed by atoms with Gasteiger partial charge in [-0.1, -0.05) is 50.1 Å². The molecule has 2 amide bonds. The van der Waals surface area contributed by atoms with Gasteiger partial charge in [0.05, 0.1) is 18.0 Å². The van der Waals surface area contributed by atoms with E-state index in [4.69, 9.17) is 0 Å². The molecular formula is C23H26N2O2S. The van der Waals surface area contributed by atoms with Crippen molar-refractivity contribution in [3.8, 4) is 0 Å². The van der Waals surface area contributed by atoms with Gasteiger partial charge < -0.3 is 10.2 Å². The first kappa shape index (κ1) is 19.1. The van der Waals surface area contributed by atoms with Crippen molar-refractivity contribution in [2.45, 2.75) is 50.1 Å². The number of nitrogens with one attached hydrogen (secondary N) is 1. The average Bonchev–Trinajstić information content (AvgIpc) is 2.72.